The van der Waals surface area contributed by atoms with Gasteiger partial charge in [-0.05, 0) is 19.5 Å². The lowest BCUT2D eigenvalue weighted by atomic mass is 10.1. The zero-order chi connectivity index (χ0) is 13.8. The van der Waals surface area contributed by atoms with Gasteiger partial charge in [0.1, 0.15) is 0 Å². The molecule has 1 amide bonds. The van der Waals surface area contributed by atoms with Gasteiger partial charge in [-0.25, -0.2) is 0 Å². The third kappa shape index (κ3) is 3.33. The Labute approximate surface area is 115 Å². The van der Waals surface area contributed by atoms with Crippen LogP contribution in [-0.2, 0) is 4.79 Å². The molecule has 4 nitrogen and oxygen atoms in total. The summed E-state index contributed by atoms with van der Waals surface area (Å²) in [6.45, 7) is 4.53. The molecule has 1 unspecified atom stereocenters. The fraction of sp³-hybridized carbons (Fsp3) is 0.533. The summed E-state index contributed by atoms with van der Waals surface area (Å²) in [5.41, 5.74) is 1.17. The molecule has 0 bridgehead atoms. The first-order valence-electron chi connectivity index (χ1n) is 6.81. The van der Waals surface area contributed by atoms with Crippen LogP contribution in [0.4, 0.5) is 0 Å². The van der Waals surface area contributed by atoms with Gasteiger partial charge in [-0.15, -0.1) is 0 Å². The first-order chi connectivity index (χ1) is 9.09. The summed E-state index contributed by atoms with van der Waals surface area (Å²) in [4.78, 5) is 16.2. The van der Waals surface area contributed by atoms with Crippen LogP contribution < -0.4 is 5.32 Å². The molecular weight excluding hydrogens is 238 g/mol. The van der Waals surface area contributed by atoms with Gasteiger partial charge in [-0.2, -0.15) is 0 Å². The third-order valence-corrected chi connectivity index (χ3v) is 4.02. The average molecular weight is 261 g/mol. The Kier molecular flexibility index (Phi) is 4.56. The van der Waals surface area contributed by atoms with E-state index in [4.69, 9.17) is 0 Å². The van der Waals surface area contributed by atoms with Gasteiger partial charge in [-0.3, -0.25) is 9.69 Å². The highest BCUT2D eigenvalue weighted by atomic mass is 16.2. The van der Waals surface area contributed by atoms with Crippen molar-refractivity contribution in [3.63, 3.8) is 0 Å². The highest BCUT2D eigenvalue weighted by Gasteiger charge is 2.25. The largest absolute Gasteiger partial charge is 0.338 e. The van der Waals surface area contributed by atoms with Gasteiger partial charge in [-0.1, -0.05) is 30.3 Å². The first kappa shape index (κ1) is 14.0. The number of hydrogen-bond acceptors (Lipinski definition) is 3. The molecular formula is C15H23N3O. The number of benzene rings is 1. The van der Waals surface area contributed by atoms with Gasteiger partial charge in [0, 0.05) is 26.2 Å². The standard InChI is InChI=1S/C15H23N3O/c1-12(13-7-5-4-6-8-13)18(3)15(19)11-17(2)14-9-16-10-14/h4-8,12,14,16H,9-11H2,1-3H3. The molecule has 1 aliphatic heterocycles. The van der Waals surface area contributed by atoms with E-state index in [0.29, 0.717) is 12.6 Å². The summed E-state index contributed by atoms with van der Waals surface area (Å²) in [6, 6.07) is 10.8. The van der Waals surface area contributed by atoms with Gasteiger partial charge in [0.15, 0.2) is 0 Å². The van der Waals surface area contributed by atoms with Crippen molar-refractivity contribution in [2.24, 2.45) is 0 Å². The van der Waals surface area contributed by atoms with E-state index in [1.54, 1.807) is 0 Å². The van der Waals surface area contributed by atoms with E-state index in [1.807, 2.05) is 37.2 Å². The summed E-state index contributed by atoms with van der Waals surface area (Å²) in [5.74, 6) is 0.172. The number of nitrogens with one attached hydrogen (secondary N) is 1. The molecule has 1 N–H and O–H groups in total. The molecule has 0 aromatic heterocycles. The number of carbonyl (C=O) groups excluding carboxylic acids is 1. The van der Waals surface area contributed by atoms with Crippen molar-refractivity contribution < 1.29 is 4.79 Å². The Morgan fingerprint density at radius 3 is 2.47 bits per heavy atom. The van der Waals surface area contributed by atoms with Gasteiger partial charge in [0.05, 0.1) is 12.6 Å². The van der Waals surface area contributed by atoms with E-state index < -0.39 is 0 Å². The average Bonchev–Trinajstić information content (AvgIpc) is 2.35. The third-order valence-electron chi connectivity index (χ3n) is 4.02. The predicted octanol–water partition coefficient (Wildman–Crippen LogP) is 1.11. The number of rotatable bonds is 5. The molecule has 1 fully saturated rings. The minimum atomic E-state index is 0.113. The Bertz CT molecular complexity index is 417. The number of carbonyl (C=O) groups is 1. The molecule has 1 heterocycles. The summed E-state index contributed by atoms with van der Waals surface area (Å²) >= 11 is 0. The zero-order valence-electron chi connectivity index (χ0n) is 12.0. The lowest BCUT2D eigenvalue weighted by molar-refractivity contribution is -0.133. The summed E-state index contributed by atoms with van der Waals surface area (Å²) in [6.07, 6.45) is 0. The normalized spacial score (nSPS) is 17.1. The SMILES string of the molecule is CC(c1ccccc1)N(C)C(=O)CN(C)C1CNC1. The molecule has 0 saturated carbocycles. The van der Waals surface area contributed by atoms with Gasteiger partial charge >= 0.3 is 0 Å². The van der Waals surface area contributed by atoms with Gasteiger partial charge in [0.25, 0.3) is 0 Å². The Morgan fingerprint density at radius 2 is 1.95 bits per heavy atom. The van der Waals surface area contributed by atoms with Gasteiger partial charge < -0.3 is 10.2 Å². The van der Waals surface area contributed by atoms with Crippen molar-refractivity contribution in [2.45, 2.75) is 19.0 Å². The fourth-order valence-corrected chi connectivity index (χ4v) is 2.21. The molecule has 0 radical (unpaired) electrons. The van der Waals surface area contributed by atoms with Crippen LogP contribution in [0.15, 0.2) is 30.3 Å². The van der Waals surface area contributed by atoms with Crippen LogP contribution in [0.1, 0.15) is 18.5 Å². The lowest BCUT2D eigenvalue weighted by Crippen LogP contribution is -2.57. The molecule has 1 aliphatic rings. The smallest absolute Gasteiger partial charge is 0.236 e. The van der Waals surface area contributed by atoms with E-state index in [-0.39, 0.29) is 11.9 Å². The van der Waals surface area contributed by atoms with E-state index in [9.17, 15) is 4.79 Å². The van der Waals surface area contributed by atoms with Crippen LogP contribution in [0, 0.1) is 0 Å². The molecule has 1 aromatic carbocycles. The monoisotopic (exact) mass is 261 g/mol. The molecule has 0 aliphatic carbocycles. The molecule has 1 atom stereocenters. The van der Waals surface area contributed by atoms with E-state index in [1.165, 1.54) is 5.56 Å². The van der Waals surface area contributed by atoms with Crippen LogP contribution >= 0.6 is 0 Å². The molecule has 1 saturated heterocycles. The maximum atomic E-state index is 12.3. The summed E-state index contributed by atoms with van der Waals surface area (Å²) in [7, 11) is 3.90. The predicted molar refractivity (Wildman–Crippen MR) is 76.9 cm³/mol. The number of nitrogens with zero attached hydrogens (tertiary/aromatic N) is 2. The second-order valence-electron chi connectivity index (χ2n) is 5.32. The van der Waals surface area contributed by atoms with Crippen molar-refractivity contribution in [1.82, 2.24) is 15.1 Å². The Morgan fingerprint density at radius 1 is 1.32 bits per heavy atom. The summed E-state index contributed by atoms with van der Waals surface area (Å²) in [5, 5.41) is 3.23. The topological polar surface area (TPSA) is 35.6 Å². The Hall–Kier alpha value is -1.39. The van der Waals surface area contributed by atoms with Crippen molar-refractivity contribution in [3.05, 3.63) is 35.9 Å². The highest BCUT2D eigenvalue weighted by Crippen LogP contribution is 2.18. The van der Waals surface area contributed by atoms with Crippen LogP contribution in [0.25, 0.3) is 0 Å². The van der Waals surface area contributed by atoms with E-state index in [2.05, 4.69) is 29.3 Å². The van der Waals surface area contributed by atoms with Crippen molar-refractivity contribution in [2.75, 3.05) is 33.7 Å². The minimum absolute atomic E-state index is 0.113. The molecule has 1 aromatic rings. The van der Waals surface area contributed by atoms with Crippen LogP contribution in [-0.4, -0.2) is 55.5 Å². The quantitative estimate of drug-likeness (QED) is 0.862. The zero-order valence-corrected chi connectivity index (χ0v) is 12.0. The number of amides is 1. The van der Waals surface area contributed by atoms with Gasteiger partial charge in [0.2, 0.25) is 5.91 Å². The van der Waals surface area contributed by atoms with E-state index in [0.717, 1.165) is 13.1 Å². The maximum Gasteiger partial charge on any atom is 0.236 e. The molecule has 0 spiro atoms. The fourth-order valence-electron chi connectivity index (χ4n) is 2.21. The Balaban J connectivity index is 1.91. The second kappa shape index (κ2) is 6.17. The molecule has 4 heteroatoms. The molecule has 2 rings (SSSR count). The van der Waals surface area contributed by atoms with Crippen molar-refractivity contribution >= 4 is 5.91 Å². The first-order valence-corrected chi connectivity index (χ1v) is 6.81. The van der Waals surface area contributed by atoms with Crippen LogP contribution in [0.2, 0.25) is 0 Å². The molecule has 104 valence electrons. The highest BCUT2D eigenvalue weighted by molar-refractivity contribution is 5.78. The molecule has 19 heavy (non-hydrogen) atoms. The summed E-state index contributed by atoms with van der Waals surface area (Å²) < 4.78 is 0. The van der Waals surface area contributed by atoms with Crippen molar-refractivity contribution in [3.8, 4) is 0 Å². The second-order valence-corrected chi connectivity index (χ2v) is 5.32. The van der Waals surface area contributed by atoms with Crippen molar-refractivity contribution in [1.29, 1.82) is 0 Å². The van der Waals surface area contributed by atoms with E-state index >= 15 is 0 Å². The minimum Gasteiger partial charge on any atom is -0.338 e. The number of hydrogen-bond donors (Lipinski definition) is 1. The van der Waals surface area contributed by atoms with Crippen LogP contribution in [0.5, 0.6) is 0 Å². The maximum absolute atomic E-state index is 12.3. The lowest BCUT2D eigenvalue weighted by Gasteiger charge is -2.36. The van der Waals surface area contributed by atoms with Crippen LogP contribution in [0.3, 0.4) is 0 Å². The number of likely N-dealkylation sites (N-methyl/N-ethyl adjacent to an activating group) is 2.